The SMILES string of the molecule is CC(C)[C@H](NC(=O)[C@@H](N)Cc1cnc[nH]1)C(=O)NCC(=O)C[P+](O)(O)CC1CCCCC1. The molecule has 10 nitrogen and oxygen atoms in total. The predicted octanol–water partition coefficient (Wildman–Crippen LogP) is 0.518. The number of carbonyl (C=O) groups is 3. The van der Waals surface area contributed by atoms with Gasteiger partial charge in [0, 0.05) is 18.3 Å². The van der Waals surface area contributed by atoms with E-state index in [2.05, 4.69) is 20.6 Å². The molecule has 1 aromatic heterocycles. The van der Waals surface area contributed by atoms with E-state index in [0.717, 1.165) is 25.7 Å². The molecule has 0 unspecified atom stereocenters. The van der Waals surface area contributed by atoms with E-state index in [1.54, 1.807) is 20.0 Å². The van der Waals surface area contributed by atoms with E-state index in [1.165, 1.54) is 12.7 Å². The van der Waals surface area contributed by atoms with E-state index < -0.39 is 37.4 Å². The van der Waals surface area contributed by atoms with E-state index in [-0.39, 0.29) is 37.1 Å². The van der Waals surface area contributed by atoms with Gasteiger partial charge >= 0.3 is 0 Å². The van der Waals surface area contributed by atoms with Gasteiger partial charge in [-0.25, -0.2) is 14.8 Å². The molecule has 1 heterocycles. The number of aromatic amines is 1. The fourth-order valence-electron chi connectivity index (χ4n) is 4.00. The van der Waals surface area contributed by atoms with Crippen molar-refractivity contribution >= 4 is 25.3 Å². The summed E-state index contributed by atoms with van der Waals surface area (Å²) in [5, 5.41) is 5.16. The van der Waals surface area contributed by atoms with Crippen molar-refractivity contribution < 1.29 is 24.2 Å². The highest BCUT2D eigenvalue weighted by Gasteiger charge is 2.39. The van der Waals surface area contributed by atoms with Crippen LogP contribution in [-0.4, -0.2) is 68.3 Å². The van der Waals surface area contributed by atoms with Crippen LogP contribution in [0.25, 0.3) is 0 Å². The van der Waals surface area contributed by atoms with Crippen LogP contribution < -0.4 is 16.4 Å². The molecule has 1 aromatic rings. The van der Waals surface area contributed by atoms with Gasteiger partial charge in [0.15, 0.2) is 11.9 Å². The molecule has 7 N–H and O–H groups in total. The molecule has 0 spiro atoms. The third-order valence-corrected chi connectivity index (χ3v) is 7.70. The Hall–Kier alpha value is -1.87. The number of amides is 2. The lowest BCUT2D eigenvalue weighted by molar-refractivity contribution is -0.131. The molecule has 2 rings (SSSR count). The predicted molar refractivity (Wildman–Crippen MR) is 123 cm³/mol. The Labute approximate surface area is 189 Å². The standard InChI is InChI=1S/C21H36N5O5P/c1-14(2)19(26-20(28)18(22)8-16-9-23-13-25-16)21(29)24-10-17(27)12-32(30,31)11-15-6-4-3-5-7-15/h9,13-15,18-19,30-31H,3-8,10-12,22H2,1-2H3,(H2-,23,24,25,26,28,29)/p+1/t18-,19-/m0/s1. The smallest absolute Gasteiger partial charge is 0.275 e. The normalized spacial score (nSPS) is 17.1. The maximum Gasteiger partial charge on any atom is 0.275 e. The minimum Gasteiger partial charge on any atom is -0.348 e. The third-order valence-electron chi connectivity index (χ3n) is 5.74. The Kier molecular flexibility index (Phi) is 10.2. The van der Waals surface area contributed by atoms with Gasteiger partial charge in [0.25, 0.3) is 7.72 Å². The zero-order valence-electron chi connectivity index (χ0n) is 18.9. The Morgan fingerprint density at radius 3 is 2.50 bits per heavy atom. The monoisotopic (exact) mass is 470 g/mol. The van der Waals surface area contributed by atoms with Gasteiger partial charge in [-0.3, -0.25) is 14.4 Å². The van der Waals surface area contributed by atoms with Gasteiger partial charge in [0.1, 0.15) is 12.2 Å². The highest BCUT2D eigenvalue weighted by Crippen LogP contribution is 2.52. The van der Waals surface area contributed by atoms with Gasteiger partial charge in [-0.05, 0) is 24.7 Å². The number of nitrogens with one attached hydrogen (secondary N) is 3. The molecule has 180 valence electrons. The van der Waals surface area contributed by atoms with Gasteiger partial charge in [-0.15, -0.1) is 0 Å². The van der Waals surface area contributed by atoms with Crippen LogP contribution >= 0.6 is 7.72 Å². The summed E-state index contributed by atoms with van der Waals surface area (Å²) in [6.45, 7) is 3.23. The highest BCUT2D eigenvalue weighted by molar-refractivity contribution is 7.65. The lowest BCUT2D eigenvalue weighted by Gasteiger charge is -2.24. The third kappa shape index (κ3) is 8.94. The fraction of sp³-hybridized carbons (Fsp3) is 0.714. The number of imidazole rings is 1. The van der Waals surface area contributed by atoms with Crippen LogP contribution in [0.2, 0.25) is 0 Å². The number of rotatable bonds is 12. The second-order valence-corrected chi connectivity index (χ2v) is 11.5. The number of Topliss-reactive ketones (excluding diaryl/α,β-unsaturated/α-hetero) is 1. The molecule has 0 bridgehead atoms. The van der Waals surface area contributed by atoms with Gasteiger partial charge < -0.3 is 21.4 Å². The first kappa shape index (κ1) is 26.4. The largest absolute Gasteiger partial charge is 0.348 e. The summed E-state index contributed by atoms with van der Waals surface area (Å²) in [4.78, 5) is 64.7. The van der Waals surface area contributed by atoms with Crippen molar-refractivity contribution in [2.75, 3.05) is 18.9 Å². The molecule has 0 aromatic carbocycles. The number of nitrogens with zero attached hydrogens (tertiary/aromatic N) is 1. The molecule has 32 heavy (non-hydrogen) atoms. The summed E-state index contributed by atoms with van der Waals surface area (Å²) in [6, 6.07) is -1.73. The van der Waals surface area contributed by atoms with E-state index >= 15 is 0 Å². The van der Waals surface area contributed by atoms with Crippen molar-refractivity contribution in [3.8, 4) is 0 Å². The average molecular weight is 471 g/mol. The van der Waals surface area contributed by atoms with Crippen molar-refractivity contribution in [1.29, 1.82) is 0 Å². The van der Waals surface area contributed by atoms with Gasteiger partial charge in [-0.2, -0.15) is 0 Å². The zero-order valence-corrected chi connectivity index (χ0v) is 19.8. The minimum absolute atomic E-state index is 0.234. The molecular formula is C21H37N5O5P+. The number of nitrogens with two attached hydrogens (primary N) is 1. The lowest BCUT2D eigenvalue weighted by atomic mass is 9.91. The summed E-state index contributed by atoms with van der Waals surface area (Å²) in [5.74, 6) is -1.41. The number of ketones is 1. The summed E-state index contributed by atoms with van der Waals surface area (Å²) < 4.78 is 0. The van der Waals surface area contributed by atoms with Crippen molar-refractivity contribution in [2.45, 2.75) is 64.5 Å². The minimum atomic E-state index is -3.33. The second-order valence-electron chi connectivity index (χ2n) is 9.10. The van der Waals surface area contributed by atoms with Gasteiger partial charge in [0.2, 0.25) is 11.8 Å². The lowest BCUT2D eigenvalue weighted by Crippen LogP contribution is -2.54. The molecule has 0 radical (unpaired) electrons. The maximum atomic E-state index is 12.6. The Balaban J connectivity index is 1.80. The summed E-state index contributed by atoms with van der Waals surface area (Å²) in [7, 11) is -3.33. The first-order valence-electron chi connectivity index (χ1n) is 11.2. The number of aromatic nitrogens is 2. The number of carbonyl (C=O) groups excluding carboxylic acids is 3. The van der Waals surface area contributed by atoms with Gasteiger partial charge in [-0.1, -0.05) is 33.1 Å². The second kappa shape index (κ2) is 12.4. The van der Waals surface area contributed by atoms with E-state index in [0.29, 0.717) is 5.69 Å². The van der Waals surface area contributed by atoms with Crippen molar-refractivity contribution in [1.82, 2.24) is 20.6 Å². The van der Waals surface area contributed by atoms with Crippen LogP contribution in [0.5, 0.6) is 0 Å². The number of hydrogen-bond donors (Lipinski definition) is 6. The molecule has 0 saturated heterocycles. The Bertz CT molecular complexity index is 750. The summed E-state index contributed by atoms with van der Waals surface area (Å²) >= 11 is 0. The van der Waals surface area contributed by atoms with Gasteiger partial charge in [0.05, 0.1) is 18.9 Å². The van der Waals surface area contributed by atoms with Crippen molar-refractivity contribution in [3.63, 3.8) is 0 Å². The van der Waals surface area contributed by atoms with E-state index in [1.807, 2.05) is 0 Å². The van der Waals surface area contributed by atoms with E-state index in [4.69, 9.17) is 5.73 Å². The van der Waals surface area contributed by atoms with Crippen molar-refractivity contribution in [2.24, 2.45) is 17.6 Å². The first-order valence-corrected chi connectivity index (χ1v) is 13.3. The Morgan fingerprint density at radius 2 is 1.91 bits per heavy atom. The van der Waals surface area contributed by atoms with Crippen LogP contribution in [0.15, 0.2) is 12.5 Å². The molecule has 2 amide bonds. The average Bonchev–Trinajstić information content (AvgIpc) is 3.22. The summed E-state index contributed by atoms with van der Waals surface area (Å²) in [6.07, 6.45) is 8.52. The number of hydrogen-bond acceptors (Lipinski definition) is 7. The molecule has 1 aliphatic carbocycles. The highest BCUT2D eigenvalue weighted by atomic mass is 31.2. The van der Waals surface area contributed by atoms with Crippen LogP contribution in [0.4, 0.5) is 0 Å². The topological polar surface area (TPSA) is 170 Å². The fourth-order valence-corrected chi connectivity index (χ4v) is 6.00. The molecule has 11 heteroatoms. The van der Waals surface area contributed by atoms with E-state index in [9.17, 15) is 24.2 Å². The quantitative estimate of drug-likeness (QED) is 0.242. The molecule has 1 fully saturated rings. The van der Waals surface area contributed by atoms with Crippen molar-refractivity contribution in [3.05, 3.63) is 18.2 Å². The number of H-pyrrole nitrogens is 1. The first-order chi connectivity index (χ1) is 15.1. The molecule has 1 saturated carbocycles. The van der Waals surface area contributed by atoms with Crippen LogP contribution in [0, 0.1) is 11.8 Å². The molecular weight excluding hydrogens is 433 g/mol. The zero-order chi connectivity index (χ0) is 23.7. The Morgan fingerprint density at radius 1 is 1.22 bits per heavy atom. The molecule has 0 aliphatic heterocycles. The molecule has 2 atom stereocenters. The maximum absolute atomic E-state index is 12.6. The van der Waals surface area contributed by atoms with Crippen LogP contribution in [-0.2, 0) is 20.8 Å². The van der Waals surface area contributed by atoms with Crippen LogP contribution in [0.3, 0.4) is 0 Å². The molecule has 1 aliphatic rings. The van der Waals surface area contributed by atoms with Crippen LogP contribution in [0.1, 0.15) is 51.6 Å². The summed E-state index contributed by atoms with van der Waals surface area (Å²) in [5.41, 5.74) is 6.63.